The lowest BCUT2D eigenvalue weighted by Crippen LogP contribution is -2.32. The van der Waals surface area contributed by atoms with Crippen LogP contribution in [0.1, 0.15) is 31.4 Å². The first kappa shape index (κ1) is 12.8. The molecule has 0 saturated carbocycles. The molecule has 0 spiro atoms. The molecule has 7 heteroatoms. The quantitative estimate of drug-likeness (QED) is 0.794. The van der Waals surface area contributed by atoms with Crippen LogP contribution in [0.25, 0.3) is 0 Å². The predicted octanol–water partition coefficient (Wildman–Crippen LogP) is 1.82. The van der Waals surface area contributed by atoms with Crippen molar-refractivity contribution < 1.29 is 4.79 Å². The maximum atomic E-state index is 12.4. The molecule has 6 nitrogen and oxygen atoms in total. The maximum absolute atomic E-state index is 12.4. The predicted molar refractivity (Wildman–Crippen MR) is 81.6 cm³/mol. The fourth-order valence-corrected chi connectivity index (χ4v) is 4.39. The van der Waals surface area contributed by atoms with Gasteiger partial charge in [-0.05, 0) is 43.1 Å². The fourth-order valence-electron chi connectivity index (χ4n) is 3.05. The maximum Gasteiger partial charge on any atom is 0.274 e. The zero-order valence-corrected chi connectivity index (χ0v) is 12.4. The largest absolute Gasteiger partial charge is 0.293 e. The summed E-state index contributed by atoms with van der Waals surface area (Å²) in [6.07, 6.45) is 4.29. The highest BCUT2D eigenvalue weighted by Gasteiger charge is 2.41. The summed E-state index contributed by atoms with van der Waals surface area (Å²) in [6, 6.07) is 1.46. The first-order valence-corrected chi connectivity index (χ1v) is 7.85. The Labute approximate surface area is 125 Å². The van der Waals surface area contributed by atoms with E-state index in [4.69, 9.17) is 0 Å². The number of hydrogen-bond acceptors (Lipinski definition) is 4. The molecule has 21 heavy (non-hydrogen) atoms. The van der Waals surface area contributed by atoms with E-state index in [-0.39, 0.29) is 23.3 Å². The molecule has 0 fully saturated rings. The number of amides is 1. The van der Waals surface area contributed by atoms with Crippen LogP contribution in [0, 0.1) is 12.8 Å². The third-order valence-electron chi connectivity index (χ3n) is 4.00. The Morgan fingerprint density at radius 1 is 1.29 bits per heavy atom. The Bertz CT molecular complexity index is 796. The summed E-state index contributed by atoms with van der Waals surface area (Å²) < 4.78 is 1.23. The van der Waals surface area contributed by atoms with E-state index in [0.29, 0.717) is 5.69 Å². The highest BCUT2D eigenvalue weighted by Crippen LogP contribution is 2.47. The Hall–Kier alpha value is -1.89. The molecule has 0 saturated heterocycles. The number of carbonyl (C=O) groups excluding carboxylic acids is 1. The van der Waals surface area contributed by atoms with Crippen molar-refractivity contribution in [3.8, 4) is 0 Å². The number of nitrogens with one attached hydrogen (secondary N) is 1. The van der Waals surface area contributed by atoms with E-state index < -0.39 is 0 Å². The van der Waals surface area contributed by atoms with Crippen molar-refractivity contribution in [1.29, 1.82) is 0 Å². The fraction of sp³-hybridized carbons (Fsp3) is 0.429. The Morgan fingerprint density at radius 2 is 2.10 bits per heavy atom. The topological polar surface area (TPSA) is 79.6 Å². The van der Waals surface area contributed by atoms with Gasteiger partial charge in [0, 0.05) is 11.8 Å². The Morgan fingerprint density at radius 3 is 2.86 bits per heavy atom. The molecule has 2 aliphatic heterocycles. The SMILES string of the molecule is Cc1cc(=O)n(C2=NC(=O)C3C(=N2)SC2=C3CCCC2)[nH]1. The minimum absolute atomic E-state index is 0.150. The first-order valence-electron chi connectivity index (χ1n) is 7.03. The smallest absolute Gasteiger partial charge is 0.274 e. The highest BCUT2D eigenvalue weighted by molar-refractivity contribution is 8.17. The molecule has 1 atom stereocenters. The molecule has 3 aliphatic rings. The van der Waals surface area contributed by atoms with Crippen molar-refractivity contribution in [3.05, 3.63) is 32.6 Å². The third-order valence-corrected chi connectivity index (χ3v) is 5.25. The lowest BCUT2D eigenvalue weighted by molar-refractivity contribution is -0.118. The van der Waals surface area contributed by atoms with E-state index in [0.717, 1.165) is 24.3 Å². The van der Waals surface area contributed by atoms with Crippen LogP contribution in [0.15, 0.2) is 31.3 Å². The molecule has 0 radical (unpaired) electrons. The van der Waals surface area contributed by atoms with Gasteiger partial charge in [0.1, 0.15) is 5.92 Å². The van der Waals surface area contributed by atoms with Crippen LogP contribution in [0.4, 0.5) is 0 Å². The van der Waals surface area contributed by atoms with Crippen molar-refractivity contribution in [1.82, 2.24) is 9.78 Å². The molecule has 1 aromatic heterocycles. The van der Waals surface area contributed by atoms with E-state index in [1.807, 2.05) is 0 Å². The number of aromatic nitrogens is 2. The molecule has 1 amide bonds. The number of nitrogens with zero attached hydrogens (tertiary/aromatic N) is 3. The summed E-state index contributed by atoms with van der Waals surface area (Å²) in [4.78, 5) is 34.0. The number of hydrogen-bond donors (Lipinski definition) is 1. The van der Waals surface area contributed by atoms with Crippen LogP contribution in [0.5, 0.6) is 0 Å². The van der Waals surface area contributed by atoms with Crippen molar-refractivity contribution in [2.24, 2.45) is 15.9 Å². The van der Waals surface area contributed by atoms with Gasteiger partial charge in [-0.2, -0.15) is 9.67 Å². The number of thioether (sulfide) groups is 1. The number of aryl methyl sites for hydroxylation is 1. The summed E-state index contributed by atoms with van der Waals surface area (Å²) in [7, 11) is 0. The standard InChI is InChI=1S/C14H14N4O2S/c1-7-6-10(19)18(17-7)14-15-12(20)11-8-4-2-3-5-9(8)21-13(11)16-14/h6,11,17H,2-5H2,1H3. The summed E-state index contributed by atoms with van der Waals surface area (Å²) in [6.45, 7) is 1.78. The Balaban J connectivity index is 1.76. The summed E-state index contributed by atoms with van der Waals surface area (Å²) in [5.74, 6) is -0.342. The molecule has 4 rings (SSSR count). The van der Waals surface area contributed by atoms with Crippen molar-refractivity contribution in [3.63, 3.8) is 0 Å². The summed E-state index contributed by atoms with van der Waals surface area (Å²) in [5, 5.41) is 3.64. The Kier molecular flexibility index (Phi) is 2.78. The van der Waals surface area contributed by atoms with Crippen LogP contribution >= 0.6 is 11.8 Å². The monoisotopic (exact) mass is 302 g/mol. The zero-order chi connectivity index (χ0) is 14.6. The van der Waals surface area contributed by atoms with E-state index in [1.54, 1.807) is 18.7 Å². The lowest BCUT2D eigenvalue weighted by atomic mass is 9.89. The number of carbonyl (C=O) groups is 1. The zero-order valence-electron chi connectivity index (χ0n) is 11.5. The highest BCUT2D eigenvalue weighted by atomic mass is 32.2. The van der Waals surface area contributed by atoms with Gasteiger partial charge in [-0.25, -0.2) is 4.99 Å². The van der Waals surface area contributed by atoms with Crippen LogP contribution < -0.4 is 5.56 Å². The van der Waals surface area contributed by atoms with Crippen LogP contribution in [-0.4, -0.2) is 26.7 Å². The van der Waals surface area contributed by atoms with Crippen LogP contribution in [0.3, 0.4) is 0 Å². The van der Waals surface area contributed by atoms with Crippen LogP contribution in [0.2, 0.25) is 0 Å². The second kappa shape index (κ2) is 4.56. The van der Waals surface area contributed by atoms with Gasteiger partial charge in [0.2, 0.25) is 0 Å². The van der Waals surface area contributed by atoms with Gasteiger partial charge in [0.25, 0.3) is 17.4 Å². The normalized spacial score (nSPS) is 24.6. The third kappa shape index (κ3) is 1.95. The summed E-state index contributed by atoms with van der Waals surface area (Å²) in [5.41, 5.74) is 1.67. The number of fused-ring (bicyclic) bond motifs is 2. The molecule has 1 aromatic rings. The molecule has 0 aromatic carbocycles. The first-order chi connectivity index (χ1) is 10.1. The average molecular weight is 302 g/mol. The number of rotatable bonds is 0. The number of aliphatic imine (C=N–C) groups is 2. The van der Waals surface area contributed by atoms with Gasteiger partial charge in [0.05, 0.1) is 5.04 Å². The van der Waals surface area contributed by atoms with Gasteiger partial charge in [-0.15, -0.1) is 0 Å². The number of aromatic amines is 1. The summed E-state index contributed by atoms with van der Waals surface area (Å²) >= 11 is 1.59. The van der Waals surface area contributed by atoms with E-state index in [1.165, 1.54) is 27.6 Å². The average Bonchev–Trinajstić information content (AvgIpc) is 2.98. The van der Waals surface area contributed by atoms with Crippen molar-refractivity contribution in [2.45, 2.75) is 32.6 Å². The lowest BCUT2D eigenvalue weighted by Gasteiger charge is -2.18. The van der Waals surface area contributed by atoms with E-state index in [9.17, 15) is 9.59 Å². The minimum atomic E-state index is -0.291. The molecular formula is C14H14N4O2S. The molecular weight excluding hydrogens is 288 g/mol. The molecule has 3 heterocycles. The van der Waals surface area contributed by atoms with E-state index in [2.05, 4.69) is 15.1 Å². The van der Waals surface area contributed by atoms with Gasteiger partial charge in [0.15, 0.2) is 0 Å². The van der Waals surface area contributed by atoms with Crippen molar-refractivity contribution in [2.75, 3.05) is 0 Å². The van der Waals surface area contributed by atoms with Crippen molar-refractivity contribution >= 4 is 28.7 Å². The molecule has 108 valence electrons. The second-order valence-electron chi connectivity index (χ2n) is 5.50. The second-order valence-corrected chi connectivity index (χ2v) is 6.62. The molecule has 1 unspecified atom stereocenters. The molecule has 1 aliphatic carbocycles. The van der Waals surface area contributed by atoms with Crippen LogP contribution in [-0.2, 0) is 4.79 Å². The minimum Gasteiger partial charge on any atom is -0.293 e. The van der Waals surface area contributed by atoms with E-state index >= 15 is 0 Å². The van der Waals surface area contributed by atoms with Gasteiger partial charge in [-0.1, -0.05) is 11.8 Å². The van der Waals surface area contributed by atoms with Gasteiger partial charge < -0.3 is 0 Å². The number of H-pyrrole nitrogens is 1. The van der Waals surface area contributed by atoms with Gasteiger partial charge >= 0.3 is 0 Å². The number of allylic oxidation sites excluding steroid dienone is 1. The molecule has 0 bridgehead atoms. The molecule has 1 N–H and O–H groups in total. The van der Waals surface area contributed by atoms with Gasteiger partial charge in [-0.3, -0.25) is 14.7 Å².